The van der Waals surface area contributed by atoms with Gasteiger partial charge in [0.1, 0.15) is 11.6 Å². The zero-order chi connectivity index (χ0) is 13.4. The van der Waals surface area contributed by atoms with Crippen LogP contribution in [-0.4, -0.2) is 9.78 Å². The summed E-state index contributed by atoms with van der Waals surface area (Å²) < 4.78 is 29.4. The Kier molecular flexibility index (Phi) is 3.52. The van der Waals surface area contributed by atoms with Gasteiger partial charge in [0, 0.05) is 11.3 Å². The number of aryl methyl sites for hydroxylation is 1. The number of nitrogens with zero attached hydrogens (tertiary/aromatic N) is 2. The van der Waals surface area contributed by atoms with Crippen LogP contribution in [0.3, 0.4) is 0 Å². The van der Waals surface area contributed by atoms with E-state index in [2.05, 4.69) is 21.0 Å². The summed E-state index contributed by atoms with van der Waals surface area (Å²) in [5, 5.41) is 4.28. The molecule has 0 fully saturated rings. The molecule has 2 nitrogen and oxygen atoms in total. The fourth-order valence-electron chi connectivity index (χ4n) is 1.80. The molecule has 1 aromatic carbocycles. The molecule has 0 aliphatic rings. The summed E-state index contributed by atoms with van der Waals surface area (Å²) in [6, 6.07) is 2.61. The Bertz CT molecular complexity index is 606. The quantitative estimate of drug-likeness (QED) is 0.769. The van der Waals surface area contributed by atoms with Crippen LogP contribution in [0.25, 0.3) is 0 Å². The minimum absolute atomic E-state index is 0.0231. The molecular formula is C13H13BrF2N2. The van der Waals surface area contributed by atoms with Gasteiger partial charge in [-0.2, -0.15) is 5.10 Å². The van der Waals surface area contributed by atoms with Gasteiger partial charge in [-0.3, -0.25) is 4.68 Å². The van der Waals surface area contributed by atoms with Crippen LogP contribution < -0.4 is 0 Å². The SMILES string of the molecule is Cc1nn(Cc2c(F)ccc(Br)c2F)c(C)c1C. The predicted octanol–water partition coefficient (Wildman–Crippen LogP) is 3.90. The Hall–Kier alpha value is -1.23. The minimum Gasteiger partial charge on any atom is -0.265 e. The summed E-state index contributed by atoms with van der Waals surface area (Å²) in [6.07, 6.45) is 0. The first-order valence-corrected chi connectivity index (χ1v) is 6.34. The average molecular weight is 315 g/mol. The van der Waals surface area contributed by atoms with Gasteiger partial charge in [-0.25, -0.2) is 8.78 Å². The molecular weight excluding hydrogens is 302 g/mol. The van der Waals surface area contributed by atoms with Crippen molar-refractivity contribution in [2.75, 3.05) is 0 Å². The number of hydrogen-bond acceptors (Lipinski definition) is 1. The molecule has 0 saturated heterocycles. The van der Waals surface area contributed by atoms with Gasteiger partial charge in [-0.15, -0.1) is 0 Å². The third-order valence-corrected chi connectivity index (χ3v) is 3.80. The van der Waals surface area contributed by atoms with Gasteiger partial charge in [0.25, 0.3) is 0 Å². The van der Waals surface area contributed by atoms with Crippen molar-refractivity contribution >= 4 is 15.9 Å². The van der Waals surface area contributed by atoms with E-state index in [1.165, 1.54) is 12.1 Å². The summed E-state index contributed by atoms with van der Waals surface area (Å²) >= 11 is 3.06. The fraction of sp³-hybridized carbons (Fsp3) is 0.308. The zero-order valence-corrected chi connectivity index (χ0v) is 12.0. The average Bonchev–Trinajstić information content (AvgIpc) is 2.57. The zero-order valence-electron chi connectivity index (χ0n) is 10.4. The van der Waals surface area contributed by atoms with Crippen molar-refractivity contribution in [2.45, 2.75) is 27.3 Å². The molecule has 1 aromatic heterocycles. The maximum Gasteiger partial charge on any atom is 0.145 e. The van der Waals surface area contributed by atoms with Crippen LogP contribution in [0, 0.1) is 32.4 Å². The van der Waals surface area contributed by atoms with Crippen molar-refractivity contribution in [3.05, 3.63) is 50.8 Å². The smallest absolute Gasteiger partial charge is 0.145 e. The highest BCUT2D eigenvalue weighted by Gasteiger charge is 2.15. The Balaban J connectivity index is 2.46. The Morgan fingerprint density at radius 3 is 2.44 bits per heavy atom. The summed E-state index contributed by atoms with van der Waals surface area (Å²) in [5.41, 5.74) is 2.87. The van der Waals surface area contributed by atoms with Gasteiger partial charge in [0.05, 0.1) is 16.7 Å². The Morgan fingerprint density at radius 1 is 1.22 bits per heavy atom. The molecule has 0 atom stereocenters. The summed E-state index contributed by atoms with van der Waals surface area (Å²) in [7, 11) is 0. The molecule has 0 spiro atoms. The molecule has 0 aliphatic heterocycles. The predicted molar refractivity (Wildman–Crippen MR) is 69.6 cm³/mol. The van der Waals surface area contributed by atoms with Crippen LogP contribution in [-0.2, 0) is 6.54 Å². The van der Waals surface area contributed by atoms with Gasteiger partial charge >= 0.3 is 0 Å². The fourth-order valence-corrected chi connectivity index (χ4v) is 2.18. The molecule has 96 valence electrons. The molecule has 5 heteroatoms. The van der Waals surface area contributed by atoms with E-state index >= 15 is 0 Å². The highest BCUT2D eigenvalue weighted by molar-refractivity contribution is 9.10. The second-order valence-corrected chi connectivity index (χ2v) is 5.13. The lowest BCUT2D eigenvalue weighted by molar-refractivity contribution is 0.525. The number of aromatic nitrogens is 2. The van der Waals surface area contributed by atoms with E-state index in [1.807, 2.05) is 20.8 Å². The first kappa shape index (κ1) is 13.2. The molecule has 2 rings (SSSR count). The number of halogens is 3. The van der Waals surface area contributed by atoms with Crippen molar-refractivity contribution < 1.29 is 8.78 Å². The first-order valence-electron chi connectivity index (χ1n) is 5.54. The van der Waals surface area contributed by atoms with E-state index in [9.17, 15) is 8.78 Å². The molecule has 18 heavy (non-hydrogen) atoms. The summed E-state index contributed by atoms with van der Waals surface area (Å²) in [5.74, 6) is -1.12. The molecule has 2 aromatic rings. The van der Waals surface area contributed by atoms with Crippen molar-refractivity contribution in [2.24, 2.45) is 0 Å². The first-order chi connectivity index (χ1) is 8.41. The highest BCUT2D eigenvalue weighted by atomic mass is 79.9. The number of hydrogen-bond donors (Lipinski definition) is 0. The topological polar surface area (TPSA) is 17.8 Å². The van der Waals surface area contributed by atoms with E-state index in [0.717, 1.165) is 17.0 Å². The van der Waals surface area contributed by atoms with Gasteiger partial charge in [0.2, 0.25) is 0 Å². The van der Waals surface area contributed by atoms with E-state index in [4.69, 9.17) is 0 Å². The minimum atomic E-state index is -0.569. The second-order valence-electron chi connectivity index (χ2n) is 4.28. The largest absolute Gasteiger partial charge is 0.265 e. The molecule has 0 aliphatic carbocycles. The molecule has 1 heterocycles. The third kappa shape index (κ3) is 2.19. The van der Waals surface area contributed by atoms with E-state index in [-0.39, 0.29) is 16.6 Å². The number of rotatable bonds is 2. The van der Waals surface area contributed by atoms with Crippen molar-refractivity contribution in [1.29, 1.82) is 0 Å². The molecule has 0 saturated carbocycles. The van der Waals surface area contributed by atoms with Gasteiger partial charge in [-0.1, -0.05) is 0 Å². The van der Waals surface area contributed by atoms with Crippen LogP contribution in [0.2, 0.25) is 0 Å². The third-order valence-electron chi connectivity index (χ3n) is 3.19. The van der Waals surface area contributed by atoms with E-state index < -0.39 is 11.6 Å². The molecule has 0 radical (unpaired) electrons. The van der Waals surface area contributed by atoms with Crippen LogP contribution in [0.5, 0.6) is 0 Å². The van der Waals surface area contributed by atoms with Gasteiger partial charge in [0.15, 0.2) is 0 Å². The maximum absolute atomic E-state index is 13.9. The standard InChI is InChI=1S/C13H13BrF2N2/c1-7-8(2)17-18(9(7)3)6-10-12(15)5-4-11(14)13(10)16/h4-5H,6H2,1-3H3. The normalized spacial score (nSPS) is 11.0. The van der Waals surface area contributed by atoms with Crippen LogP contribution in [0.4, 0.5) is 8.78 Å². The second kappa shape index (κ2) is 4.80. The van der Waals surface area contributed by atoms with Crippen molar-refractivity contribution in [1.82, 2.24) is 9.78 Å². The monoisotopic (exact) mass is 314 g/mol. The molecule has 0 bridgehead atoms. The van der Waals surface area contributed by atoms with Crippen LogP contribution in [0.15, 0.2) is 16.6 Å². The van der Waals surface area contributed by atoms with Gasteiger partial charge < -0.3 is 0 Å². The molecule has 0 unspecified atom stereocenters. The van der Waals surface area contributed by atoms with Crippen molar-refractivity contribution in [3.8, 4) is 0 Å². The molecule has 0 amide bonds. The van der Waals surface area contributed by atoms with E-state index in [1.54, 1.807) is 4.68 Å². The summed E-state index contributed by atoms with van der Waals surface area (Å²) in [4.78, 5) is 0. The van der Waals surface area contributed by atoms with Crippen LogP contribution >= 0.6 is 15.9 Å². The number of benzene rings is 1. The lowest BCUT2D eigenvalue weighted by atomic mass is 10.2. The van der Waals surface area contributed by atoms with Gasteiger partial charge in [-0.05, 0) is 54.4 Å². The highest BCUT2D eigenvalue weighted by Crippen LogP contribution is 2.23. The summed E-state index contributed by atoms with van der Waals surface area (Å²) in [6.45, 7) is 5.81. The van der Waals surface area contributed by atoms with Crippen molar-refractivity contribution in [3.63, 3.8) is 0 Å². The maximum atomic E-state index is 13.9. The van der Waals surface area contributed by atoms with E-state index in [0.29, 0.717) is 0 Å². The Morgan fingerprint density at radius 2 is 1.89 bits per heavy atom. The lowest BCUT2D eigenvalue weighted by Gasteiger charge is -2.08. The van der Waals surface area contributed by atoms with Crippen LogP contribution in [0.1, 0.15) is 22.5 Å². The molecule has 0 N–H and O–H groups in total. The lowest BCUT2D eigenvalue weighted by Crippen LogP contribution is -2.08. The Labute approximate surface area is 113 Å².